The third-order valence-corrected chi connectivity index (χ3v) is 3.55. The van der Waals surface area contributed by atoms with E-state index in [4.69, 9.17) is 5.73 Å². The molecule has 0 saturated carbocycles. The first-order valence-electron chi connectivity index (χ1n) is 3.72. The van der Waals surface area contributed by atoms with Gasteiger partial charge in [-0.1, -0.05) is 19.1 Å². The molecule has 0 aromatic heterocycles. The van der Waals surface area contributed by atoms with Crippen molar-refractivity contribution in [2.24, 2.45) is 11.7 Å². The van der Waals surface area contributed by atoms with Gasteiger partial charge < -0.3 is 5.73 Å². The molecular formula is C6H12F2N2O2S2. The zero-order valence-electron chi connectivity index (χ0n) is 7.78. The number of sulfonamides is 1. The van der Waals surface area contributed by atoms with Crippen LogP contribution in [-0.4, -0.2) is 37.1 Å². The predicted molar refractivity (Wildman–Crippen MR) is 53.5 cm³/mol. The third-order valence-electron chi connectivity index (χ3n) is 1.68. The lowest BCUT2D eigenvalue weighted by molar-refractivity contribution is 0.221. The van der Waals surface area contributed by atoms with Crippen LogP contribution in [0.15, 0.2) is 0 Å². The number of thiocarbonyl (C=S) groups is 1. The van der Waals surface area contributed by atoms with Crippen molar-refractivity contribution in [3.05, 3.63) is 0 Å². The van der Waals surface area contributed by atoms with Gasteiger partial charge in [-0.3, -0.25) is 0 Å². The van der Waals surface area contributed by atoms with Gasteiger partial charge >= 0.3 is 5.76 Å². The zero-order chi connectivity index (χ0) is 11.5. The van der Waals surface area contributed by atoms with Crippen LogP contribution in [0.3, 0.4) is 0 Å². The van der Waals surface area contributed by atoms with Gasteiger partial charge in [-0.15, -0.1) is 0 Å². The highest BCUT2D eigenvalue weighted by Crippen LogP contribution is 2.11. The van der Waals surface area contributed by atoms with Crippen molar-refractivity contribution in [1.29, 1.82) is 0 Å². The maximum Gasteiger partial charge on any atom is 0.350 e. The number of nitrogens with zero attached hydrogens (tertiary/aromatic N) is 1. The molecule has 2 N–H and O–H groups in total. The van der Waals surface area contributed by atoms with Crippen LogP contribution in [-0.2, 0) is 10.0 Å². The molecule has 0 aliphatic heterocycles. The molecule has 0 bridgehead atoms. The minimum atomic E-state index is -4.52. The fourth-order valence-corrected chi connectivity index (χ4v) is 1.49. The summed E-state index contributed by atoms with van der Waals surface area (Å²) < 4.78 is 46.4. The highest BCUT2D eigenvalue weighted by molar-refractivity contribution is 7.89. The Morgan fingerprint density at radius 2 is 2.00 bits per heavy atom. The number of hydrogen-bond acceptors (Lipinski definition) is 3. The molecule has 0 heterocycles. The first-order chi connectivity index (χ1) is 6.19. The fourth-order valence-electron chi connectivity index (χ4n) is 0.716. The van der Waals surface area contributed by atoms with Crippen molar-refractivity contribution in [2.75, 3.05) is 13.6 Å². The van der Waals surface area contributed by atoms with Crippen molar-refractivity contribution < 1.29 is 17.2 Å². The SMILES string of the molecule is CC(CN(C)S(=O)(=O)C(F)F)C(N)=S. The molecule has 0 aliphatic rings. The lowest BCUT2D eigenvalue weighted by Gasteiger charge is -2.19. The average molecular weight is 246 g/mol. The summed E-state index contributed by atoms with van der Waals surface area (Å²) in [6.07, 6.45) is 0. The Morgan fingerprint density at radius 3 is 2.29 bits per heavy atom. The largest absolute Gasteiger partial charge is 0.393 e. The molecule has 0 radical (unpaired) electrons. The van der Waals surface area contributed by atoms with Gasteiger partial charge in [-0.25, -0.2) is 8.42 Å². The van der Waals surface area contributed by atoms with Crippen LogP contribution in [0, 0.1) is 5.92 Å². The number of hydrogen-bond donors (Lipinski definition) is 1. The van der Waals surface area contributed by atoms with E-state index in [0.29, 0.717) is 4.31 Å². The van der Waals surface area contributed by atoms with Gasteiger partial charge in [0.25, 0.3) is 10.0 Å². The Balaban J connectivity index is 4.51. The topological polar surface area (TPSA) is 63.4 Å². The minimum Gasteiger partial charge on any atom is -0.393 e. The standard InChI is InChI=1S/C6H12F2N2O2S2/c1-4(5(9)13)3-10(2)14(11,12)6(7)8/h4,6H,3H2,1-2H3,(H2,9,13). The molecule has 1 atom stereocenters. The van der Waals surface area contributed by atoms with Gasteiger partial charge in [0, 0.05) is 19.5 Å². The van der Waals surface area contributed by atoms with E-state index in [0.717, 1.165) is 7.05 Å². The van der Waals surface area contributed by atoms with E-state index in [1.165, 1.54) is 0 Å². The van der Waals surface area contributed by atoms with Crippen LogP contribution in [0.1, 0.15) is 6.92 Å². The Bertz CT molecular complexity index is 305. The summed E-state index contributed by atoms with van der Waals surface area (Å²) in [5, 5.41) is 0. The average Bonchev–Trinajstić information content (AvgIpc) is 2.03. The highest BCUT2D eigenvalue weighted by Gasteiger charge is 2.30. The minimum absolute atomic E-state index is 0.0984. The molecule has 0 rings (SSSR count). The summed E-state index contributed by atoms with van der Waals surface area (Å²) in [5.41, 5.74) is 5.23. The summed E-state index contributed by atoms with van der Waals surface area (Å²) in [4.78, 5) is 0.0984. The van der Waals surface area contributed by atoms with E-state index >= 15 is 0 Å². The fraction of sp³-hybridized carbons (Fsp3) is 0.833. The van der Waals surface area contributed by atoms with E-state index in [9.17, 15) is 17.2 Å². The van der Waals surface area contributed by atoms with E-state index in [1.54, 1.807) is 6.92 Å². The molecule has 0 amide bonds. The Morgan fingerprint density at radius 1 is 1.57 bits per heavy atom. The molecule has 0 aromatic rings. The molecule has 0 saturated heterocycles. The number of alkyl halides is 2. The number of rotatable bonds is 5. The quantitative estimate of drug-likeness (QED) is 0.713. The van der Waals surface area contributed by atoms with Crippen LogP contribution in [0.5, 0.6) is 0 Å². The normalized spacial score (nSPS) is 14.7. The molecule has 0 spiro atoms. The van der Waals surface area contributed by atoms with E-state index < -0.39 is 21.7 Å². The van der Waals surface area contributed by atoms with E-state index in [-0.39, 0.29) is 11.5 Å². The van der Waals surface area contributed by atoms with Crippen LogP contribution < -0.4 is 5.73 Å². The molecule has 84 valence electrons. The second-order valence-electron chi connectivity index (χ2n) is 2.89. The molecule has 8 heteroatoms. The molecule has 1 unspecified atom stereocenters. The summed E-state index contributed by atoms with van der Waals surface area (Å²) in [7, 11) is -3.45. The van der Waals surface area contributed by atoms with Gasteiger partial charge in [-0.05, 0) is 0 Å². The van der Waals surface area contributed by atoms with Gasteiger partial charge in [0.15, 0.2) is 0 Å². The Labute approximate surface area is 87.1 Å². The third kappa shape index (κ3) is 3.43. The summed E-state index contributed by atoms with van der Waals surface area (Å²) in [6, 6.07) is 0. The van der Waals surface area contributed by atoms with Crippen LogP contribution in [0.4, 0.5) is 8.78 Å². The smallest absolute Gasteiger partial charge is 0.350 e. The number of halogens is 2. The predicted octanol–water partition coefficient (Wildman–Crippen LogP) is 0.393. The lowest BCUT2D eigenvalue weighted by atomic mass is 10.2. The van der Waals surface area contributed by atoms with Gasteiger partial charge in [-0.2, -0.15) is 13.1 Å². The van der Waals surface area contributed by atoms with Crippen molar-refractivity contribution in [1.82, 2.24) is 4.31 Å². The maximum absolute atomic E-state index is 12.0. The highest BCUT2D eigenvalue weighted by atomic mass is 32.2. The molecule has 14 heavy (non-hydrogen) atoms. The summed E-state index contributed by atoms with van der Waals surface area (Å²) in [6.45, 7) is 1.43. The molecule has 0 aliphatic carbocycles. The van der Waals surface area contributed by atoms with Crippen molar-refractivity contribution >= 4 is 27.2 Å². The molecular weight excluding hydrogens is 234 g/mol. The van der Waals surface area contributed by atoms with Gasteiger partial charge in [0.2, 0.25) is 0 Å². The van der Waals surface area contributed by atoms with Crippen LogP contribution >= 0.6 is 12.2 Å². The van der Waals surface area contributed by atoms with Gasteiger partial charge in [0.05, 0.1) is 4.99 Å². The maximum atomic E-state index is 12.0. The van der Waals surface area contributed by atoms with Gasteiger partial charge in [0.1, 0.15) is 0 Å². The van der Waals surface area contributed by atoms with Crippen LogP contribution in [0.2, 0.25) is 0 Å². The Kier molecular flexibility index (Phi) is 4.82. The summed E-state index contributed by atoms with van der Waals surface area (Å²) in [5.74, 6) is -3.84. The molecule has 4 nitrogen and oxygen atoms in total. The lowest BCUT2D eigenvalue weighted by Crippen LogP contribution is -2.38. The second kappa shape index (κ2) is 4.94. The van der Waals surface area contributed by atoms with Crippen molar-refractivity contribution in [2.45, 2.75) is 12.7 Å². The van der Waals surface area contributed by atoms with Crippen molar-refractivity contribution in [3.63, 3.8) is 0 Å². The summed E-state index contributed by atoms with van der Waals surface area (Å²) >= 11 is 4.59. The molecule has 0 aromatic carbocycles. The zero-order valence-corrected chi connectivity index (χ0v) is 9.41. The first kappa shape index (κ1) is 13.7. The second-order valence-corrected chi connectivity index (χ2v) is 5.37. The van der Waals surface area contributed by atoms with E-state index in [1.807, 2.05) is 0 Å². The monoisotopic (exact) mass is 246 g/mol. The first-order valence-corrected chi connectivity index (χ1v) is 5.63. The van der Waals surface area contributed by atoms with Crippen LogP contribution in [0.25, 0.3) is 0 Å². The molecule has 0 fully saturated rings. The Hall–Kier alpha value is -0.340. The van der Waals surface area contributed by atoms with Crippen molar-refractivity contribution in [3.8, 4) is 0 Å². The number of nitrogens with two attached hydrogens (primary N) is 1. The van der Waals surface area contributed by atoms with E-state index in [2.05, 4.69) is 12.2 Å².